The molecule has 3 heterocycles. The van der Waals surface area contributed by atoms with E-state index in [1.54, 1.807) is 36.0 Å². The number of carbonyl (C=O) groups is 1. The highest BCUT2D eigenvalue weighted by molar-refractivity contribution is 5.98. The quantitative estimate of drug-likeness (QED) is 0.727. The summed E-state index contributed by atoms with van der Waals surface area (Å²) in [4.78, 5) is 23.4. The molecule has 146 valence electrons. The van der Waals surface area contributed by atoms with Crippen LogP contribution in [0.1, 0.15) is 37.8 Å². The van der Waals surface area contributed by atoms with Crippen molar-refractivity contribution in [1.82, 2.24) is 19.5 Å². The van der Waals surface area contributed by atoms with Gasteiger partial charge in [0.15, 0.2) is 5.82 Å². The molecular weight excluding hydrogens is 371 g/mol. The first-order chi connectivity index (χ1) is 13.1. The van der Waals surface area contributed by atoms with Gasteiger partial charge in [-0.25, -0.2) is 19.3 Å². The standard InChI is InChI=1S/C19H18F3N5O/c1-9-4-14(26-18(24-9)19(3,21)22)12-8-27(15-6-13(15)20)16-7-23-17(5-11(12)16)25-10(2)28/h4-5,7-8,13,15H,6H2,1-3H3,(H,23,25,28). The van der Waals surface area contributed by atoms with Gasteiger partial charge >= 0.3 is 5.92 Å². The zero-order chi connectivity index (χ0) is 20.2. The van der Waals surface area contributed by atoms with Crippen LogP contribution in [0.5, 0.6) is 0 Å². The number of nitrogens with one attached hydrogen (secondary N) is 1. The van der Waals surface area contributed by atoms with Crippen molar-refractivity contribution in [2.45, 2.75) is 45.3 Å². The van der Waals surface area contributed by atoms with Gasteiger partial charge in [-0.05, 0) is 19.1 Å². The monoisotopic (exact) mass is 389 g/mol. The Morgan fingerprint density at radius 1 is 1.32 bits per heavy atom. The molecule has 28 heavy (non-hydrogen) atoms. The molecule has 0 aliphatic heterocycles. The SMILES string of the molecule is CC(=O)Nc1cc2c(-c3cc(C)nc(C(C)(F)F)n3)cn(C3CC3F)c2cn1. The number of carbonyl (C=O) groups excluding carboxylic acids is 1. The van der Waals surface area contributed by atoms with Crippen LogP contribution in [0.2, 0.25) is 0 Å². The van der Waals surface area contributed by atoms with Crippen molar-refractivity contribution in [2.24, 2.45) is 0 Å². The van der Waals surface area contributed by atoms with Crippen LogP contribution in [-0.4, -0.2) is 31.6 Å². The van der Waals surface area contributed by atoms with Gasteiger partial charge in [-0.15, -0.1) is 0 Å². The number of pyridine rings is 1. The van der Waals surface area contributed by atoms with E-state index in [1.807, 2.05) is 0 Å². The van der Waals surface area contributed by atoms with Gasteiger partial charge in [-0.1, -0.05) is 0 Å². The minimum Gasteiger partial charge on any atom is -0.339 e. The molecule has 0 spiro atoms. The summed E-state index contributed by atoms with van der Waals surface area (Å²) in [6, 6.07) is 2.92. The molecule has 1 aliphatic rings. The summed E-state index contributed by atoms with van der Waals surface area (Å²) < 4.78 is 43.1. The van der Waals surface area contributed by atoms with Crippen LogP contribution in [0, 0.1) is 6.92 Å². The number of fused-ring (bicyclic) bond motifs is 1. The Labute approximate surface area is 158 Å². The van der Waals surface area contributed by atoms with Gasteiger partial charge < -0.3 is 9.88 Å². The van der Waals surface area contributed by atoms with Crippen LogP contribution in [0.15, 0.2) is 24.5 Å². The fourth-order valence-electron chi connectivity index (χ4n) is 3.22. The fraction of sp³-hybridized carbons (Fsp3) is 0.368. The van der Waals surface area contributed by atoms with Crippen molar-refractivity contribution >= 4 is 22.6 Å². The fourth-order valence-corrected chi connectivity index (χ4v) is 3.22. The predicted molar refractivity (Wildman–Crippen MR) is 97.9 cm³/mol. The molecule has 3 aromatic heterocycles. The first-order valence-electron chi connectivity index (χ1n) is 8.80. The largest absolute Gasteiger partial charge is 0.339 e. The van der Waals surface area contributed by atoms with E-state index in [2.05, 4.69) is 20.3 Å². The van der Waals surface area contributed by atoms with Crippen LogP contribution in [-0.2, 0) is 10.7 Å². The molecule has 1 N–H and O–H groups in total. The molecule has 1 fully saturated rings. The molecule has 1 aliphatic carbocycles. The lowest BCUT2D eigenvalue weighted by molar-refractivity contribution is -0.114. The van der Waals surface area contributed by atoms with Crippen molar-refractivity contribution in [3.05, 3.63) is 36.0 Å². The first kappa shape index (κ1) is 18.4. The van der Waals surface area contributed by atoms with Crippen molar-refractivity contribution in [2.75, 3.05) is 5.32 Å². The van der Waals surface area contributed by atoms with Crippen LogP contribution < -0.4 is 5.32 Å². The average Bonchev–Trinajstić information content (AvgIpc) is 3.19. The number of amides is 1. The number of aromatic nitrogens is 4. The van der Waals surface area contributed by atoms with E-state index in [9.17, 15) is 18.0 Å². The van der Waals surface area contributed by atoms with E-state index in [1.165, 1.54) is 6.92 Å². The maximum absolute atomic E-state index is 13.8. The Bertz CT molecular complexity index is 1090. The van der Waals surface area contributed by atoms with E-state index in [-0.39, 0.29) is 11.9 Å². The second-order valence-corrected chi connectivity index (χ2v) is 7.14. The van der Waals surface area contributed by atoms with E-state index >= 15 is 0 Å². The Balaban J connectivity index is 1.93. The van der Waals surface area contributed by atoms with Crippen LogP contribution in [0.3, 0.4) is 0 Å². The number of hydrogen-bond acceptors (Lipinski definition) is 4. The first-order valence-corrected chi connectivity index (χ1v) is 8.80. The number of rotatable bonds is 4. The minimum atomic E-state index is -3.19. The maximum atomic E-state index is 13.8. The summed E-state index contributed by atoms with van der Waals surface area (Å²) in [6.45, 7) is 3.72. The van der Waals surface area contributed by atoms with Gasteiger partial charge in [0.05, 0.1) is 23.4 Å². The van der Waals surface area contributed by atoms with Gasteiger partial charge in [0, 0.05) is 43.1 Å². The lowest BCUT2D eigenvalue weighted by atomic mass is 10.1. The minimum absolute atomic E-state index is 0.287. The summed E-state index contributed by atoms with van der Waals surface area (Å²) in [5, 5.41) is 3.24. The Morgan fingerprint density at radius 2 is 2.04 bits per heavy atom. The molecule has 6 nitrogen and oxygen atoms in total. The van der Waals surface area contributed by atoms with E-state index in [0.29, 0.717) is 40.1 Å². The van der Waals surface area contributed by atoms with Crippen LogP contribution in [0.4, 0.5) is 19.0 Å². The molecule has 2 atom stereocenters. The van der Waals surface area contributed by atoms with E-state index in [0.717, 1.165) is 6.92 Å². The van der Waals surface area contributed by atoms with Crippen molar-refractivity contribution < 1.29 is 18.0 Å². The zero-order valence-electron chi connectivity index (χ0n) is 15.5. The van der Waals surface area contributed by atoms with Crippen LogP contribution >= 0.6 is 0 Å². The molecule has 1 amide bonds. The van der Waals surface area contributed by atoms with Crippen molar-refractivity contribution in [1.29, 1.82) is 0 Å². The van der Waals surface area contributed by atoms with Gasteiger partial charge in [0.2, 0.25) is 5.91 Å². The normalized spacial score (nSPS) is 19.1. The number of halogens is 3. The average molecular weight is 389 g/mol. The Kier molecular flexibility index (Phi) is 4.13. The second-order valence-electron chi connectivity index (χ2n) is 7.14. The molecule has 0 bridgehead atoms. The lowest BCUT2D eigenvalue weighted by Crippen LogP contribution is -2.13. The molecule has 0 radical (unpaired) electrons. The third-order valence-corrected chi connectivity index (χ3v) is 4.58. The molecular formula is C19H18F3N5O. The number of hydrogen-bond donors (Lipinski definition) is 1. The molecule has 0 aromatic carbocycles. The highest BCUT2D eigenvalue weighted by atomic mass is 19.3. The number of aryl methyl sites for hydroxylation is 1. The van der Waals surface area contributed by atoms with Crippen molar-refractivity contribution in [3.8, 4) is 11.3 Å². The number of alkyl halides is 3. The summed E-state index contributed by atoms with van der Waals surface area (Å²) in [5.74, 6) is -3.74. The molecule has 0 saturated heterocycles. The number of anilines is 1. The van der Waals surface area contributed by atoms with Gasteiger partial charge in [-0.3, -0.25) is 4.79 Å². The number of nitrogens with zero attached hydrogens (tertiary/aromatic N) is 4. The third-order valence-electron chi connectivity index (χ3n) is 4.58. The Morgan fingerprint density at radius 3 is 2.64 bits per heavy atom. The topological polar surface area (TPSA) is 72.7 Å². The summed E-state index contributed by atoms with van der Waals surface area (Å²) >= 11 is 0. The second kappa shape index (κ2) is 6.29. The van der Waals surface area contributed by atoms with Gasteiger partial charge in [0.25, 0.3) is 0 Å². The molecule has 2 unspecified atom stereocenters. The molecule has 1 saturated carbocycles. The molecule has 4 rings (SSSR count). The third kappa shape index (κ3) is 3.32. The van der Waals surface area contributed by atoms with Gasteiger partial charge in [0.1, 0.15) is 12.0 Å². The van der Waals surface area contributed by atoms with Crippen LogP contribution in [0.25, 0.3) is 22.2 Å². The highest BCUT2D eigenvalue weighted by Gasteiger charge is 2.40. The Hall–Kier alpha value is -2.97. The summed E-state index contributed by atoms with van der Waals surface area (Å²) in [6.07, 6.45) is 2.67. The summed E-state index contributed by atoms with van der Waals surface area (Å²) in [5.41, 5.74) is 1.91. The molecule has 3 aromatic rings. The smallest absolute Gasteiger partial charge is 0.303 e. The summed E-state index contributed by atoms with van der Waals surface area (Å²) in [7, 11) is 0. The zero-order valence-corrected chi connectivity index (χ0v) is 15.5. The lowest BCUT2D eigenvalue weighted by Gasteiger charge is -2.11. The molecule has 9 heteroatoms. The van der Waals surface area contributed by atoms with E-state index in [4.69, 9.17) is 0 Å². The van der Waals surface area contributed by atoms with Crippen molar-refractivity contribution in [3.63, 3.8) is 0 Å². The maximum Gasteiger partial charge on any atom is 0.303 e. The highest BCUT2D eigenvalue weighted by Crippen LogP contribution is 2.44. The van der Waals surface area contributed by atoms with E-state index < -0.39 is 17.9 Å². The predicted octanol–water partition coefficient (Wildman–Crippen LogP) is 4.15. The van der Waals surface area contributed by atoms with Gasteiger partial charge in [-0.2, -0.15) is 8.78 Å².